The van der Waals surface area contributed by atoms with Crippen molar-refractivity contribution in [3.8, 4) is 0 Å². The Bertz CT molecular complexity index is 886. The molecular weight excluding hydrogens is 376 g/mol. The van der Waals surface area contributed by atoms with Crippen LogP contribution in [0.4, 0.5) is 4.79 Å². The summed E-state index contributed by atoms with van der Waals surface area (Å²) in [6.45, 7) is 6.79. The molecule has 2 aromatic carbocycles. The van der Waals surface area contributed by atoms with Gasteiger partial charge in [-0.1, -0.05) is 60.2 Å². The summed E-state index contributed by atoms with van der Waals surface area (Å²) in [5, 5.41) is 3.01. The molecule has 0 bridgehead atoms. The maximum Gasteiger partial charge on any atom is 0.317 e. The van der Waals surface area contributed by atoms with Crippen LogP contribution < -0.4 is 5.32 Å². The van der Waals surface area contributed by atoms with Gasteiger partial charge in [0.2, 0.25) is 5.91 Å². The highest BCUT2D eigenvalue weighted by atomic mass is 16.2. The zero-order valence-corrected chi connectivity index (χ0v) is 17.6. The molecule has 2 fully saturated rings. The van der Waals surface area contributed by atoms with Crippen molar-refractivity contribution in [2.45, 2.75) is 32.5 Å². The monoisotopic (exact) mass is 406 g/mol. The maximum atomic E-state index is 13.3. The molecule has 3 amide bonds. The van der Waals surface area contributed by atoms with Crippen LogP contribution in [0.3, 0.4) is 0 Å². The number of piperazine rings is 1. The fourth-order valence-electron chi connectivity index (χ4n) is 4.37. The quantitative estimate of drug-likeness (QED) is 0.849. The van der Waals surface area contributed by atoms with E-state index in [0.29, 0.717) is 26.2 Å². The van der Waals surface area contributed by atoms with E-state index in [0.717, 1.165) is 37.2 Å². The molecule has 6 nitrogen and oxygen atoms in total. The van der Waals surface area contributed by atoms with Crippen molar-refractivity contribution < 1.29 is 9.59 Å². The molecular formula is C24H30N4O2. The second-order valence-corrected chi connectivity index (χ2v) is 8.24. The van der Waals surface area contributed by atoms with Crippen molar-refractivity contribution >= 4 is 11.9 Å². The number of nitrogens with zero attached hydrogens (tertiary/aromatic N) is 3. The molecule has 158 valence electrons. The minimum absolute atomic E-state index is 0.0932. The lowest BCUT2D eigenvalue weighted by atomic mass is 10.1. The van der Waals surface area contributed by atoms with E-state index in [-0.39, 0.29) is 18.0 Å². The predicted molar refractivity (Wildman–Crippen MR) is 117 cm³/mol. The van der Waals surface area contributed by atoms with Crippen molar-refractivity contribution in [3.05, 3.63) is 71.3 Å². The van der Waals surface area contributed by atoms with E-state index in [2.05, 4.69) is 35.3 Å². The second kappa shape index (κ2) is 9.30. The van der Waals surface area contributed by atoms with Crippen LogP contribution in [0.15, 0.2) is 54.6 Å². The molecule has 1 atom stereocenters. The molecule has 2 aliphatic rings. The molecule has 2 aliphatic heterocycles. The smallest absolute Gasteiger partial charge is 0.317 e. The number of benzene rings is 2. The van der Waals surface area contributed by atoms with Crippen LogP contribution in [0.5, 0.6) is 0 Å². The first-order valence-electron chi connectivity index (χ1n) is 10.8. The summed E-state index contributed by atoms with van der Waals surface area (Å²) in [6, 6.07) is 17.9. The summed E-state index contributed by atoms with van der Waals surface area (Å²) in [4.78, 5) is 32.1. The molecule has 0 spiro atoms. The number of carbonyl (C=O) groups excluding carboxylic acids is 2. The summed E-state index contributed by atoms with van der Waals surface area (Å²) in [5.41, 5.74) is 3.43. The molecule has 1 N–H and O–H groups in total. The van der Waals surface area contributed by atoms with Gasteiger partial charge in [0.15, 0.2) is 0 Å². The van der Waals surface area contributed by atoms with Crippen LogP contribution in [-0.2, 0) is 17.9 Å². The second-order valence-electron chi connectivity index (χ2n) is 8.24. The number of rotatable bonds is 4. The zero-order chi connectivity index (χ0) is 20.9. The number of amides is 3. The third kappa shape index (κ3) is 4.82. The highest BCUT2D eigenvalue weighted by molar-refractivity contribution is 5.84. The van der Waals surface area contributed by atoms with Gasteiger partial charge in [-0.15, -0.1) is 0 Å². The molecule has 30 heavy (non-hydrogen) atoms. The Kier molecular flexibility index (Phi) is 6.33. The SMILES string of the molecule is Cc1cccc(CN2CCN3CCCN(C(=O)NCc4ccccc4)CC3C2=O)c1. The van der Waals surface area contributed by atoms with Gasteiger partial charge in [-0.3, -0.25) is 9.69 Å². The molecule has 0 saturated carbocycles. The number of carbonyl (C=O) groups is 2. The molecule has 6 heteroatoms. The average molecular weight is 407 g/mol. The molecule has 2 aromatic rings. The largest absolute Gasteiger partial charge is 0.336 e. The van der Waals surface area contributed by atoms with Crippen molar-refractivity contribution in [2.75, 3.05) is 32.7 Å². The predicted octanol–water partition coefficient (Wildman–Crippen LogP) is 2.62. The summed E-state index contributed by atoms with van der Waals surface area (Å²) in [5.74, 6) is 0.130. The normalized spacial score (nSPS) is 19.9. The number of aryl methyl sites for hydroxylation is 1. The number of urea groups is 1. The Morgan fingerprint density at radius 2 is 1.80 bits per heavy atom. The van der Waals surface area contributed by atoms with Crippen LogP contribution in [0.2, 0.25) is 0 Å². The van der Waals surface area contributed by atoms with Crippen molar-refractivity contribution in [2.24, 2.45) is 0 Å². The zero-order valence-electron chi connectivity index (χ0n) is 17.6. The van der Waals surface area contributed by atoms with E-state index in [1.165, 1.54) is 5.56 Å². The van der Waals surface area contributed by atoms with Crippen molar-refractivity contribution in [1.82, 2.24) is 20.0 Å². The maximum absolute atomic E-state index is 13.3. The van der Waals surface area contributed by atoms with Gasteiger partial charge in [0.25, 0.3) is 0 Å². The number of hydrogen-bond donors (Lipinski definition) is 1. The summed E-state index contributed by atoms with van der Waals surface area (Å²) in [6.07, 6.45) is 0.889. The van der Waals surface area contributed by atoms with Gasteiger partial charge < -0.3 is 15.1 Å². The Hall–Kier alpha value is -2.86. The number of hydrogen-bond acceptors (Lipinski definition) is 3. The topological polar surface area (TPSA) is 55.9 Å². The number of nitrogens with one attached hydrogen (secondary N) is 1. The Morgan fingerprint density at radius 1 is 1.00 bits per heavy atom. The standard InChI is InChI=1S/C24H30N4O2/c1-19-7-5-10-21(15-19)17-27-14-13-26-11-6-12-28(18-22(26)23(27)29)24(30)25-16-20-8-3-2-4-9-20/h2-5,7-10,15,22H,6,11-14,16-18H2,1H3,(H,25,30). The van der Waals surface area contributed by atoms with Crippen molar-refractivity contribution in [1.29, 1.82) is 0 Å². The van der Waals surface area contributed by atoms with E-state index >= 15 is 0 Å². The fraction of sp³-hybridized carbons (Fsp3) is 0.417. The first-order valence-corrected chi connectivity index (χ1v) is 10.8. The van der Waals surface area contributed by atoms with Gasteiger partial charge in [-0.25, -0.2) is 4.79 Å². The van der Waals surface area contributed by atoms with Crippen LogP contribution in [0.25, 0.3) is 0 Å². The van der Waals surface area contributed by atoms with E-state index in [9.17, 15) is 9.59 Å². The van der Waals surface area contributed by atoms with Gasteiger partial charge >= 0.3 is 6.03 Å². The highest BCUT2D eigenvalue weighted by Crippen LogP contribution is 2.19. The molecule has 0 aliphatic carbocycles. The van der Waals surface area contributed by atoms with E-state index < -0.39 is 0 Å². The Morgan fingerprint density at radius 3 is 2.60 bits per heavy atom. The summed E-state index contributed by atoms with van der Waals surface area (Å²) in [7, 11) is 0. The Labute approximate surface area is 178 Å². The minimum Gasteiger partial charge on any atom is -0.336 e. The van der Waals surface area contributed by atoms with Crippen LogP contribution in [0.1, 0.15) is 23.1 Å². The average Bonchev–Trinajstić information content (AvgIpc) is 2.98. The van der Waals surface area contributed by atoms with Gasteiger partial charge in [0.05, 0.1) is 0 Å². The van der Waals surface area contributed by atoms with Gasteiger partial charge in [0.1, 0.15) is 6.04 Å². The van der Waals surface area contributed by atoms with E-state index in [1.807, 2.05) is 46.2 Å². The molecule has 2 heterocycles. The van der Waals surface area contributed by atoms with Crippen LogP contribution in [0, 0.1) is 6.92 Å². The van der Waals surface area contributed by atoms with Crippen molar-refractivity contribution in [3.63, 3.8) is 0 Å². The molecule has 2 saturated heterocycles. The third-order valence-corrected chi connectivity index (χ3v) is 5.99. The molecule has 0 aromatic heterocycles. The first kappa shape index (κ1) is 20.4. The highest BCUT2D eigenvalue weighted by Gasteiger charge is 2.38. The van der Waals surface area contributed by atoms with Gasteiger partial charge in [-0.05, 0) is 24.5 Å². The minimum atomic E-state index is -0.256. The van der Waals surface area contributed by atoms with E-state index in [1.54, 1.807) is 0 Å². The summed E-state index contributed by atoms with van der Waals surface area (Å²) >= 11 is 0. The Balaban J connectivity index is 1.39. The van der Waals surface area contributed by atoms with Crippen LogP contribution in [-0.4, -0.2) is 65.4 Å². The molecule has 4 rings (SSSR count). The lowest BCUT2D eigenvalue weighted by molar-refractivity contribution is -0.142. The molecule has 0 radical (unpaired) electrons. The number of fused-ring (bicyclic) bond motifs is 1. The van der Waals surface area contributed by atoms with Crippen LogP contribution >= 0.6 is 0 Å². The molecule has 1 unspecified atom stereocenters. The van der Waals surface area contributed by atoms with Gasteiger partial charge in [0, 0.05) is 45.8 Å². The fourth-order valence-corrected chi connectivity index (χ4v) is 4.37. The lowest BCUT2D eigenvalue weighted by Gasteiger charge is -2.40. The third-order valence-electron chi connectivity index (χ3n) is 5.99. The lowest BCUT2D eigenvalue weighted by Crippen LogP contribution is -2.59. The van der Waals surface area contributed by atoms with Gasteiger partial charge in [-0.2, -0.15) is 0 Å². The van der Waals surface area contributed by atoms with E-state index in [4.69, 9.17) is 0 Å². The summed E-state index contributed by atoms with van der Waals surface area (Å²) < 4.78 is 0. The first-order chi connectivity index (χ1) is 14.6.